The molecule has 138 valence electrons. The number of hydrogen-bond donors (Lipinski definition) is 1. The number of nitrogens with zero attached hydrogens (tertiary/aromatic N) is 1. The minimum atomic E-state index is -0.593. The van der Waals surface area contributed by atoms with Gasteiger partial charge in [-0.2, -0.15) is 0 Å². The van der Waals surface area contributed by atoms with Crippen molar-refractivity contribution < 1.29 is 19.1 Å². The topological polar surface area (TPSA) is 77.5 Å². The van der Waals surface area contributed by atoms with E-state index in [2.05, 4.69) is 10.3 Å². The van der Waals surface area contributed by atoms with Gasteiger partial charge in [-0.1, -0.05) is 18.2 Å². The minimum absolute atomic E-state index is 0.319. The Morgan fingerprint density at radius 3 is 2.59 bits per heavy atom. The third kappa shape index (κ3) is 4.23. The average Bonchev–Trinajstić information content (AvgIpc) is 2.67. The van der Waals surface area contributed by atoms with Crippen LogP contribution in [-0.2, 0) is 9.53 Å². The molecule has 6 nitrogen and oxygen atoms in total. The number of benzene rings is 2. The second-order valence-corrected chi connectivity index (χ2v) is 6.12. The molecule has 27 heavy (non-hydrogen) atoms. The van der Waals surface area contributed by atoms with Crippen LogP contribution < -0.4 is 10.1 Å². The molecule has 6 heteroatoms. The number of rotatable bonds is 5. The highest BCUT2D eigenvalue weighted by atomic mass is 16.5. The predicted molar refractivity (Wildman–Crippen MR) is 103 cm³/mol. The van der Waals surface area contributed by atoms with Gasteiger partial charge in [-0.05, 0) is 49.7 Å². The van der Waals surface area contributed by atoms with E-state index < -0.39 is 11.9 Å². The van der Waals surface area contributed by atoms with Gasteiger partial charge in [0.2, 0.25) is 0 Å². The van der Waals surface area contributed by atoms with E-state index >= 15 is 0 Å². The van der Waals surface area contributed by atoms with Gasteiger partial charge in [-0.15, -0.1) is 0 Å². The highest BCUT2D eigenvalue weighted by molar-refractivity contribution is 5.98. The molecule has 0 aliphatic rings. The minimum Gasteiger partial charge on any atom is -0.497 e. The monoisotopic (exact) mass is 364 g/mol. The Morgan fingerprint density at radius 2 is 1.85 bits per heavy atom. The molecule has 1 heterocycles. The van der Waals surface area contributed by atoms with Crippen LogP contribution in [0.2, 0.25) is 0 Å². The Balaban J connectivity index is 1.71. The van der Waals surface area contributed by atoms with Crippen molar-refractivity contribution in [2.24, 2.45) is 0 Å². The number of fused-ring (bicyclic) bond motifs is 1. The van der Waals surface area contributed by atoms with Crippen LogP contribution in [0.1, 0.15) is 21.6 Å². The van der Waals surface area contributed by atoms with Gasteiger partial charge in [0.05, 0.1) is 23.9 Å². The highest BCUT2D eigenvalue weighted by Crippen LogP contribution is 2.22. The van der Waals surface area contributed by atoms with Crippen LogP contribution in [0.25, 0.3) is 10.9 Å². The molecule has 1 N–H and O–H groups in total. The lowest BCUT2D eigenvalue weighted by molar-refractivity contribution is -0.119. The van der Waals surface area contributed by atoms with Crippen molar-refractivity contribution in [3.8, 4) is 5.75 Å². The number of aryl methyl sites for hydroxylation is 2. The number of methoxy groups -OCH3 is 1. The number of anilines is 1. The Kier molecular flexibility index (Phi) is 5.35. The summed E-state index contributed by atoms with van der Waals surface area (Å²) in [6.07, 6.45) is 0. The van der Waals surface area contributed by atoms with Crippen LogP contribution in [0.4, 0.5) is 5.69 Å². The van der Waals surface area contributed by atoms with E-state index in [0.29, 0.717) is 22.7 Å². The second kappa shape index (κ2) is 7.86. The highest BCUT2D eigenvalue weighted by Gasteiger charge is 2.15. The number of esters is 1. The van der Waals surface area contributed by atoms with Gasteiger partial charge in [0.15, 0.2) is 6.61 Å². The first-order chi connectivity index (χ1) is 13.0. The van der Waals surface area contributed by atoms with Crippen LogP contribution in [-0.4, -0.2) is 30.6 Å². The second-order valence-electron chi connectivity index (χ2n) is 6.12. The maximum Gasteiger partial charge on any atom is 0.340 e. The molecule has 0 atom stereocenters. The van der Waals surface area contributed by atoms with Crippen molar-refractivity contribution >= 4 is 28.5 Å². The Labute approximate surface area is 157 Å². The molecule has 1 amide bonds. The van der Waals surface area contributed by atoms with Crippen molar-refractivity contribution in [2.45, 2.75) is 13.8 Å². The molecule has 0 aliphatic heterocycles. The zero-order valence-electron chi connectivity index (χ0n) is 15.4. The molecule has 0 radical (unpaired) electrons. The molecule has 0 bridgehead atoms. The van der Waals surface area contributed by atoms with Gasteiger partial charge in [-0.25, -0.2) is 4.79 Å². The number of para-hydroxylation sites is 1. The molecule has 1 aromatic heterocycles. The number of amides is 1. The van der Waals surface area contributed by atoms with E-state index in [4.69, 9.17) is 9.47 Å². The molecular weight excluding hydrogens is 344 g/mol. The zero-order valence-corrected chi connectivity index (χ0v) is 15.4. The summed E-state index contributed by atoms with van der Waals surface area (Å²) in [7, 11) is 1.57. The van der Waals surface area contributed by atoms with Gasteiger partial charge in [0.1, 0.15) is 5.75 Å². The summed E-state index contributed by atoms with van der Waals surface area (Å²) in [6.45, 7) is 3.25. The molecule has 0 aliphatic carbocycles. The van der Waals surface area contributed by atoms with E-state index in [1.54, 1.807) is 32.2 Å². The summed E-state index contributed by atoms with van der Waals surface area (Å²) in [5, 5.41) is 3.49. The number of hydrogen-bond acceptors (Lipinski definition) is 5. The third-order valence-corrected chi connectivity index (χ3v) is 4.19. The molecule has 3 aromatic rings. The van der Waals surface area contributed by atoms with E-state index in [1.807, 2.05) is 37.3 Å². The maximum absolute atomic E-state index is 12.4. The molecule has 3 rings (SSSR count). The van der Waals surface area contributed by atoms with Gasteiger partial charge in [0, 0.05) is 11.1 Å². The third-order valence-electron chi connectivity index (χ3n) is 4.19. The van der Waals surface area contributed by atoms with Crippen LogP contribution in [0, 0.1) is 13.8 Å². The molecule has 0 fully saturated rings. The van der Waals surface area contributed by atoms with Crippen LogP contribution in [0.15, 0.2) is 48.5 Å². The normalized spacial score (nSPS) is 10.5. The standard InChI is InChI=1S/C21H20N2O4/c1-13-6-4-5-7-18(13)23-20(24)12-27-21(25)17-11-15-10-16(26-3)8-9-19(15)22-14(17)2/h4-11H,12H2,1-3H3,(H,23,24). The fourth-order valence-corrected chi connectivity index (χ4v) is 2.69. The molecule has 0 unspecified atom stereocenters. The SMILES string of the molecule is COc1ccc2nc(C)c(C(=O)OCC(=O)Nc3ccccc3C)cc2c1. The number of nitrogens with one attached hydrogen (secondary N) is 1. The summed E-state index contributed by atoms with van der Waals surface area (Å²) < 4.78 is 10.4. The number of carbonyl (C=O) groups excluding carboxylic acids is 2. The van der Waals surface area contributed by atoms with Gasteiger partial charge < -0.3 is 14.8 Å². The van der Waals surface area contributed by atoms with E-state index in [0.717, 1.165) is 16.5 Å². The molecule has 0 saturated heterocycles. The zero-order chi connectivity index (χ0) is 19.4. The van der Waals surface area contributed by atoms with Crippen molar-refractivity contribution in [3.63, 3.8) is 0 Å². The lowest BCUT2D eigenvalue weighted by Crippen LogP contribution is -2.21. The van der Waals surface area contributed by atoms with Crippen LogP contribution in [0.5, 0.6) is 5.75 Å². The number of carbonyl (C=O) groups is 2. The summed E-state index contributed by atoms with van der Waals surface area (Å²) in [6, 6.07) is 14.5. The summed E-state index contributed by atoms with van der Waals surface area (Å²) in [5.41, 5.74) is 3.23. The van der Waals surface area contributed by atoms with Crippen molar-refractivity contribution in [1.29, 1.82) is 0 Å². The first kappa shape index (κ1) is 18.4. The Hall–Kier alpha value is -3.41. The number of ether oxygens (including phenoxy) is 2. The largest absolute Gasteiger partial charge is 0.497 e. The Bertz CT molecular complexity index is 1010. The van der Waals surface area contributed by atoms with Gasteiger partial charge in [0.25, 0.3) is 5.91 Å². The Morgan fingerprint density at radius 1 is 1.07 bits per heavy atom. The summed E-state index contributed by atoms with van der Waals surface area (Å²) >= 11 is 0. The molecule has 0 spiro atoms. The van der Waals surface area contributed by atoms with Crippen molar-refractivity contribution in [2.75, 3.05) is 19.0 Å². The summed E-state index contributed by atoms with van der Waals surface area (Å²) in [4.78, 5) is 28.9. The quantitative estimate of drug-likeness (QED) is 0.699. The van der Waals surface area contributed by atoms with Gasteiger partial charge >= 0.3 is 5.97 Å². The first-order valence-electron chi connectivity index (χ1n) is 8.46. The maximum atomic E-state index is 12.4. The average molecular weight is 364 g/mol. The van der Waals surface area contributed by atoms with E-state index in [9.17, 15) is 9.59 Å². The van der Waals surface area contributed by atoms with E-state index in [1.165, 1.54) is 0 Å². The summed E-state index contributed by atoms with van der Waals surface area (Å²) in [5.74, 6) is -0.319. The number of pyridine rings is 1. The van der Waals surface area contributed by atoms with Crippen molar-refractivity contribution in [1.82, 2.24) is 4.98 Å². The lowest BCUT2D eigenvalue weighted by Gasteiger charge is -2.10. The molecule has 2 aromatic carbocycles. The fourth-order valence-electron chi connectivity index (χ4n) is 2.69. The predicted octanol–water partition coefficient (Wildman–Crippen LogP) is 3.66. The van der Waals surface area contributed by atoms with Crippen molar-refractivity contribution in [3.05, 3.63) is 65.4 Å². The number of aromatic nitrogens is 1. The first-order valence-corrected chi connectivity index (χ1v) is 8.46. The smallest absolute Gasteiger partial charge is 0.340 e. The fraction of sp³-hybridized carbons (Fsp3) is 0.190. The molecular formula is C21H20N2O4. The van der Waals surface area contributed by atoms with Crippen LogP contribution in [0.3, 0.4) is 0 Å². The lowest BCUT2D eigenvalue weighted by atomic mass is 10.1. The van der Waals surface area contributed by atoms with Crippen LogP contribution >= 0.6 is 0 Å². The van der Waals surface area contributed by atoms with E-state index in [-0.39, 0.29) is 6.61 Å². The molecule has 0 saturated carbocycles. The van der Waals surface area contributed by atoms with Gasteiger partial charge in [-0.3, -0.25) is 9.78 Å².